The van der Waals surface area contributed by atoms with Crippen molar-refractivity contribution in [3.63, 3.8) is 0 Å². The number of ether oxygens (including phenoxy) is 1. The Labute approximate surface area is 225 Å². The van der Waals surface area contributed by atoms with E-state index in [1.54, 1.807) is 0 Å². The highest BCUT2D eigenvalue weighted by Crippen LogP contribution is 2.36. The van der Waals surface area contributed by atoms with Gasteiger partial charge in [-0.1, -0.05) is 30.3 Å². The minimum atomic E-state index is -0.304. The number of nitrogens with zero attached hydrogens (tertiary/aromatic N) is 3. The number of terminal acetylenes is 1. The molecular weight excluding hydrogens is 474 g/mol. The lowest BCUT2D eigenvalue weighted by atomic mass is 9.89. The summed E-state index contributed by atoms with van der Waals surface area (Å²) in [6, 6.07) is 18.9. The van der Waals surface area contributed by atoms with E-state index >= 15 is 0 Å². The Morgan fingerprint density at radius 1 is 1.18 bits per heavy atom. The van der Waals surface area contributed by atoms with E-state index in [0.29, 0.717) is 31.3 Å². The van der Waals surface area contributed by atoms with Gasteiger partial charge in [-0.2, -0.15) is 10.2 Å². The monoisotopic (exact) mass is 511 g/mol. The van der Waals surface area contributed by atoms with Gasteiger partial charge in [-0.3, -0.25) is 4.79 Å². The summed E-state index contributed by atoms with van der Waals surface area (Å²) in [5.74, 6) is 3.60. The first kappa shape index (κ1) is 26.0. The van der Waals surface area contributed by atoms with E-state index in [-0.39, 0.29) is 17.6 Å². The highest BCUT2D eigenvalue weighted by atomic mass is 16.5. The van der Waals surface area contributed by atoms with Crippen LogP contribution in [0, 0.1) is 12.3 Å². The van der Waals surface area contributed by atoms with Crippen molar-refractivity contribution in [2.45, 2.75) is 76.2 Å². The maximum atomic E-state index is 13.4. The van der Waals surface area contributed by atoms with Crippen LogP contribution in [0.3, 0.4) is 0 Å². The van der Waals surface area contributed by atoms with Gasteiger partial charge in [0.05, 0.1) is 6.61 Å². The van der Waals surface area contributed by atoms with Gasteiger partial charge < -0.3 is 19.9 Å². The Balaban J connectivity index is 1.09. The van der Waals surface area contributed by atoms with E-state index in [4.69, 9.17) is 11.2 Å². The largest absolute Gasteiger partial charge is 0.493 e. The minimum Gasteiger partial charge on any atom is -0.493 e. The molecule has 38 heavy (non-hydrogen) atoms. The van der Waals surface area contributed by atoms with Crippen molar-refractivity contribution in [2.75, 3.05) is 13.2 Å². The summed E-state index contributed by atoms with van der Waals surface area (Å²) in [7, 11) is 0. The number of nitrogens with one attached hydrogen (secondary N) is 2. The lowest BCUT2D eigenvalue weighted by Gasteiger charge is -2.37. The molecule has 2 heterocycles. The van der Waals surface area contributed by atoms with E-state index in [1.807, 2.05) is 47.4 Å². The normalized spacial score (nSPS) is 19.7. The fourth-order valence-electron chi connectivity index (χ4n) is 5.51. The Morgan fingerprint density at radius 2 is 2.00 bits per heavy atom. The summed E-state index contributed by atoms with van der Waals surface area (Å²) >= 11 is 0. The van der Waals surface area contributed by atoms with Gasteiger partial charge in [0, 0.05) is 55.3 Å². The molecule has 2 N–H and O–H groups in total. The van der Waals surface area contributed by atoms with Crippen molar-refractivity contribution in [2.24, 2.45) is 10.2 Å². The molecule has 0 bridgehead atoms. The molecule has 7 heteroatoms. The summed E-state index contributed by atoms with van der Waals surface area (Å²) in [6.07, 6.45) is 11.9. The average Bonchev–Trinajstić information content (AvgIpc) is 3.58. The average molecular weight is 512 g/mol. The molecule has 0 unspecified atom stereocenters. The topological polar surface area (TPSA) is 82.1 Å². The van der Waals surface area contributed by atoms with Gasteiger partial charge in [0.1, 0.15) is 11.4 Å². The van der Waals surface area contributed by atoms with Crippen LogP contribution in [0.2, 0.25) is 0 Å². The number of carbonyl (C=O) groups excluding carboxylic acids is 1. The summed E-state index contributed by atoms with van der Waals surface area (Å²) in [4.78, 5) is 18.7. The molecule has 0 radical (unpaired) electrons. The summed E-state index contributed by atoms with van der Waals surface area (Å²) in [6.45, 7) is 4.16. The lowest BCUT2D eigenvalue weighted by Crippen LogP contribution is -2.46. The van der Waals surface area contributed by atoms with E-state index in [0.717, 1.165) is 61.7 Å². The molecule has 2 aliphatic rings. The van der Waals surface area contributed by atoms with Crippen LogP contribution in [-0.2, 0) is 6.54 Å². The predicted octanol–water partition coefficient (Wildman–Crippen LogP) is 6.08. The zero-order valence-electron chi connectivity index (χ0n) is 22.2. The third kappa shape index (κ3) is 6.25. The number of H-pyrrole nitrogens is 1. The maximum absolute atomic E-state index is 13.4. The number of aromatic nitrogens is 1. The fourth-order valence-corrected chi connectivity index (χ4v) is 5.51. The van der Waals surface area contributed by atoms with E-state index < -0.39 is 0 Å². The van der Waals surface area contributed by atoms with Crippen LogP contribution >= 0.6 is 0 Å². The number of hydrogen-bond donors (Lipinski definition) is 2. The highest BCUT2D eigenvalue weighted by Gasteiger charge is 2.39. The van der Waals surface area contributed by atoms with Crippen LogP contribution in [0.15, 0.2) is 64.8 Å². The Kier molecular flexibility index (Phi) is 8.09. The minimum absolute atomic E-state index is 0.0935. The quantitative estimate of drug-likeness (QED) is 0.289. The van der Waals surface area contributed by atoms with Crippen molar-refractivity contribution in [3.05, 3.63) is 65.9 Å². The van der Waals surface area contributed by atoms with Crippen molar-refractivity contribution in [1.82, 2.24) is 15.2 Å². The molecular formula is C31H37N5O2. The molecule has 0 spiro atoms. The number of carbonyl (C=O) groups is 1. The van der Waals surface area contributed by atoms with Crippen LogP contribution < -0.4 is 10.1 Å². The second-order valence-electron chi connectivity index (χ2n) is 10.4. The van der Waals surface area contributed by atoms with Crippen molar-refractivity contribution < 1.29 is 9.53 Å². The summed E-state index contributed by atoms with van der Waals surface area (Å²) < 4.78 is 5.91. The predicted molar refractivity (Wildman–Crippen MR) is 150 cm³/mol. The highest BCUT2D eigenvalue weighted by molar-refractivity contribution is 5.98. The second-order valence-corrected chi connectivity index (χ2v) is 10.4. The molecule has 7 nitrogen and oxygen atoms in total. The first-order valence-electron chi connectivity index (χ1n) is 13.8. The van der Waals surface area contributed by atoms with Crippen LogP contribution in [0.25, 0.3) is 10.9 Å². The smallest absolute Gasteiger partial charge is 0.270 e. The molecule has 0 saturated heterocycles. The lowest BCUT2D eigenvalue weighted by molar-refractivity contribution is 0.0623. The molecule has 2 aromatic carbocycles. The number of benzene rings is 2. The summed E-state index contributed by atoms with van der Waals surface area (Å²) in [5.41, 5.74) is 2.60. The molecule has 1 aliphatic carbocycles. The molecule has 198 valence electrons. The third-order valence-electron chi connectivity index (χ3n) is 7.79. The fraction of sp³-hybridized carbons (Fsp3) is 0.452. The molecule has 1 fully saturated rings. The van der Waals surface area contributed by atoms with Crippen molar-refractivity contribution >= 4 is 16.8 Å². The van der Waals surface area contributed by atoms with Crippen LogP contribution in [0.5, 0.6) is 5.75 Å². The van der Waals surface area contributed by atoms with E-state index in [2.05, 4.69) is 45.5 Å². The third-order valence-corrected chi connectivity index (χ3v) is 7.79. The van der Waals surface area contributed by atoms with E-state index in [1.165, 1.54) is 5.56 Å². The molecule has 1 amide bonds. The van der Waals surface area contributed by atoms with Gasteiger partial charge in [-0.05, 0) is 62.4 Å². The van der Waals surface area contributed by atoms with Gasteiger partial charge in [0.2, 0.25) is 0 Å². The van der Waals surface area contributed by atoms with Crippen LogP contribution in [0.1, 0.15) is 67.9 Å². The molecule has 5 rings (SSSR count). The molecule has 1 aliphatic heterocycles. The second kappa shape index (κ2) is 11.8. The van der Waals surface area contributed by atoms with Crippen LogP contribution in [0.4, 0.5) is 0 Å². The number of rotatable bonds is 12. The van der Waals surface area contributed by atoms with Gasteiger partial charge in [0.25, 0.3) is 5.91 Å². The molecule has 3 aromatic rings. The van der Waals surface area contributed by atoms with Gasteiger partial charge in [-0.25, -0.2) is 0 Å². The first-order chi connectivity index (χ1) is 18.6. The van der Waals surface area contributed by atoms with Gasteiger partial charge in [0.15, 0.2) is 5.66 Å². The summed E-state index contributed by atoms with van der Waals surface area (Å²) in [5, 5.41) is 13.1. The first-order valence-corrected chi connectivity index (χ1v) is 13.8. The zero-order valence-corrected chi connectivity index (χ0v) is 22.2. The molecule has 1 aromatic heterocycles. The maximum Gasteiger partial charge on any atom is 0.270 e. The molecule has 2 atom stereocenters. The van der Waals surface area contributed by atoms with E-state index in [9.17, 15) is 4.79 Å². The Hall–Kier alpha value is -3.63. The molecule has 1 saturated carbocycles. The number of aromatic amines is 1. The number of hydrogen-bond acceptors (Lipinski definition) is 5. The Bertz CT molecular complexity index is 1270. The number of fused-ring (bicyclic) bond motifs is 1. The standard InChI is InChI=1S/C31H37N5O2/c1-3-5-17-31(34-35-31)18-19-38-27-15-13-23(14-16-27)22-32-25-10-8-11-26(21-25)36(4-2)30(37)29-20-24-9-6-7-12-28(24)33-29/h1,6-7,9,12-16,20,25-26,32-33H,4-5,8,10-11,17-19,21-22H2,2H3/t25-,26+/m1/s1. The van der Waals surface area contributed by atoms with Gasteiger partial charge >= 0.3 is 0 Å². The number of amides is 1. The van der Waals surface area contributed by atoms with Crippen molar-refractivity contribution in [1.29, 1.82) is 0 Å². The van der Waals surface area contributed by atoms with Gasteiger partial charge in [-0.15, -0.1) is 12.3 Å². The van der Waals surface area contributed by atoms with Crippen molar-refractivity contribution in [3.8, 4) is 18.1 Å². The van der Waals surface area contributed by atoms with Crippen LogP contribution in [-0.4, -0.2) is 46.7 Å². The Morgan fingerprint density at radius 3 is 2.74 bits per heavy atom. The SMILES string of the molecule is C#CCCC1(CCOc2ccc(CN[C@@H]3CCC[C@H](N(CC)C(=O)c4cc5ccccc5[nH]4)C3)cc2)N=N1. The number of para-hydroxylation sites is 1. The zero-order chi connectivity index (χ0) is 26.4.